The van der Waals surface area contributed by atoms with Gasteiger partial charge in [0, 0.05) is 37.2 Å². The maximum Gasteiger partial charge on any atom is 0.274 e. The van der Waals surface area contributed by atoms with Crippen molar-refractivity contribution in [3.05, 3.63) is 52.7 Å². The summed E-state index contributed by atoms with van der Waals surface area (Å²) in [4.78, 5) is 32.6. The fourth-order valence-electron chi connectivity index (χ4n) is 3.73. The van der Waals surface area contributed by atoms with Crippen LogP contribution in [0.2, 0.25) is 0 Å². The molecule has 9 heteroatoms. The Labute approximate surface area is 181 Å². The van der Waals surface area contributed by atoms with Crippen molar-refractivity contribution in [1.29, 1.82) is 0 Å². The lowest BCUT2D eigenvalue weighted by atomic mass is 10.0. The van der Waals surface area contributed by atoms with E-state index in [1.165, 1.54) is 16.9 Å². The first kappa shape index (κ1) is 19.0. The number of thiophene rings is 1. The molecule has 1 aliphatic heterocycles. The molecular weight excluding hydrogens is 418 g/mol. The van der Waals surface area contributed by atoms with Gasteiger partial charge in [0.15, 0.2) is 0 Å². The molecule has 152 valence electrons. The number of aryl methyl sites for hydroxylation is 1. The number of hydrogen-bond acceptors (Lipinski definition) is 6. The van der Waals surface area contributed by atoms with E-state index in [0.29, 0.717) is 18.8 Å². The van der Waals surface area contributed by atoms with Gasteiger partial charge in [-0.15, -0.1) is 22.7 Å². The number of carbonyl (C=O) groups excluding carboxylic acids is 2. The van der Waals surface area contributed by atoms with Gasteiger partial charge in [-0.25, -0.2) is 4.98 Å². The topological polar surface area (TPSA) is 80.1 Å². The number of carbonyl (C=O) groups is 2. The maximum absolute atomic E-state index is 12.9. The zero-order valence-corrected chi connectivity index (χ0v) is 18.1. The minimum Gasteiger partial charge on any atom is -0.337 e. The van der Waals surface area contributed by atoms with Crippen molar-refractivity contribution in [2.75, 3.05) is 11.9 Å². The Morgan fingerprint density at radius 1 is 1.17 bits per heavy atom. The van der Waals surface area contributed by atoms with E-state index in [1.54, 1.807) is 42.3 Å². The summed E-state index contributed by atoms with van der Waals surface area (Å²) in [6.45, 7) is 2.83. The Bertz CT molecular complexity index is 1250. The van der Waals surface area contributed by atoms with Gasteiger partial charge in [0.05, 0.1) is 16.8 Å². The molecule has 0 saturated heterocycles. The Kier molecular flexibility index (Phi) is 4.63. The van der Waals surface area contributed by atoms with Crippen molar-refractivity contribution < 1.29 is 9.59 Å². The average molecular weight is 438 g/mol. The Hall–Kier alpha value is -3.04. The van der Waals surface area contributed by atoms with E-state index in [2.05, 4.69) is 16.5 Å². The van der Waals surface area contributed by atoms with Crippen molar-refractivity contribution in [2.45, 2.75) is 19.9 Å². The summed E-state index contributed by atoms with van der Waals surface area (Å²) in [5, 5.41) is 8.84. The van der Waals surface area contributed by atoms with Crippen LogP contribution in [-0.4, -0.2) is 38.0 Å². The molecule has 0 spiro atoms. The Morgan fingerprint density at radius 3 is 2.73 bits per heavy atom. The van der Waals surface area contributed by atoms with Gasteiger partial charge < -0.3 is 10.2 Å². The summed E-state index contributed by atoms with van der Waals surface area (Å²) in [6.07, 6.45) is 2.35. The first-order valence-corrected chi connectivity index (χ1v) is 11.2. The molecule has 5 rings (SSSR count). The molecule has 1 aliphatic rings. The predicted octanol–water partition coefficient (Wildman–Crippen LogP) is 3.92. The molecule has 1 N–H and O–H groups in total. The van der Waals surface area contributed by atoms with Gasteiger partial charge in [-0.3, -0.25) is 14.3 Å². The highest BCUT2D eigenvalue weighted by molar-refractivity contribution is 7.23. The molecular formula is C21H19N5O2S2. The quantitative estimate of drug-likeness (QED) is 0.527. The van der Waals surface area contributed by atoms with Crippen LogP contribution in [0.5, 0.6) is 0 Å². The molecule has 2 amide bonds. The molecule has 0 bridgehead atoms. The number of anilines is 1. The second-order valence-corrected chi connectivity index (χ2v) is 9.32. The van der Waals surface area contributed by atoms with E-state index in [-0.39, 0.29) is 11.8 Å². The second kappa shape index (κ2) is 7.33. The van der Waals surface area contributed by atoms with Crippen LogP contribution in [0.4, 0.5) is 5.00 Å². The molecule has 0 radical (unpaired) electrons. The van der Waals surface area contributed by atoms with E-state index in [4.69, 9.17) is 4.98 Å². The monoisotopic (exact) mass is 437 g/mol. The minimum absolute atomic E-state index is 0.0658. The van der Waals surface area contributed by atoms with E-state index in [1.807, 2.05) is 23.1 Å². The van der Waals surface area contributed by atoms with E-state index < -0.39 is 0 Å². The normalized spacial score (nSPS) is 13.5. The van der Waals surface area contributed by atoms with Crippen LogP contribution >= 0.6 is 22.7 Å². The highest BCUT2D eigenvalue weighted by Gasteiger charge is 2.29. The summed E-state index contributed by atoms with van der Waals surface area (Å²) in [7, 11) is 1.74. The highest BCUT2D eigenvalue weighted by atomic mass is 32.1. The summed E-state index contributed by atoms with van der Waals surface area (Å²) in [6, 6.07) is 9.73. The number of fused-ring (bicyclic) bond motifs is 2. The number of thiazole rings is 1. The molecule has 30 heavy (non-hydrogen) atoms. The van der Waals surface area contributed by atoms with E-state index >= 15 is 0 Å². The van der Waals surface area contributed by atoms with Gasteiger partial charge >= 0.3 is 0 Å². The zero-order valence-electron chi connectivity index (χ0n) is 16.5. The lowest BCUT2D eigenvalue weighted by Gasteiger charge is -2.26. The van der Waals surface area contributed by atoms with Gasteiger partial charge in [-0.1, -0.05) is 12.1 Å². The number of nitrogens with one attached hydrogen (secondary N) is 1. The molecule has 0 saturated carbocycles. The third-order valence-electron chi connectivity index (χ3n) is 5.29. The molecule has 0 aliphatic carbocycles. The summed E-state index contributed by atoms with van der Waals surface area (Å²) >= 11 is 3.15. The van der Waals surface area contributed by atoms with Gasteiger partial charge in [0.25, 0.3) is 5.91 Å². The molecule has 4 heterocycles. The minimum atomic E-state index is -0.209. The smallest absolute Gasteiger partial charge is 0.274 e. The number of nitrogens with zero attached hydrogens (tertiary/aromatic N) is 4. The summed E-state index contributed by atoms with van der Waals surface area (Å²) in [5.74, 6) is -0.143. The van der Waals surface area contributed by atoms with Gasteiger partial charge in [-0.2, -0.15) is 5.10 Å². The number of amides is 2. The predicted molar refractivity (Wildman–Crippen MR) is 119 cm³/mol. The number of benzene rings is 1. The third kappa shape index (κ3) is 3.20. The second-order valence-electron chi connectivity index (χ2n) is 7.18. The van der Waals surface area contributed by atoms with Crippen LogP contribution < -0.4 is 5.32 Å². The number of hydrogen-bond donors (Lipinski definition) is 1. The summed E-state index contributed by atoms with van der Waals surface area (Å²) in [5.41, 5.74) is 3.59. The van der Waals surface area contributed by atoms with Gasteiger partial charge in [-0.05, 0) is 30.2 Å². The highest BCUT2D eigenvalue weighted by Crippen LogP contribution is 2.45. The molecule has 0 fully saturated rings. The summed E-state index contributed by atoms with van der Waals surface area (Å²) < 4.78 is 2.66. The first-order valence-electron chi connectivity index (χ1n) is 9.56. The zero-order chi connectivity index (χ0) is 20.8. The average Bonchev–Trinajstić information content (AvgIpc) is 3.42. The van der Waals surface area contributed by atoms with E-state index in [9.17, 15) is 9.59 Å². The Balaban J connectivity index is 1.61. The van der Waals surface area contributed by atoms with Crippen molar-refractivity contribution in [1.82, 2.24) is 19.7 Å². The van der Waals surface area contributed by atoms with Crippen molar-refractivity contribution >= 4 is 49.7 Å². The number of aromatic nitrogens is 3. The molecule has 0 atom stereocenters. The van der Waals surface area contributed by atoms with Gasteiger partial charge in [0.1, 0.15) is 15.7 Å². The number of para-hydroxylation sites is 1. The van der Waals surface area contributed by atoms with Crippen LogP contribution in [0.25, 0.3) is 20.8 Å². The largest absolute Gasteiger partial charge is 0.337 e. The fraction of sp³-hybridized carbons (Fsp3) is 0.238. The standard InChI is InChI=1S/C21H19N5O2S2/c1-12(27)26-10-8-13-17(11-26)30-21(24-19(28)15-7-9-22-25(15)2)18(13)20-23-14-5-3-4-6-16(14)29-20/h3-7,9H,8,10-11H2,1-2H3,(H,24,28). The van der Waals surface area contributed by atoms with Gasteiger partial charge in [0.2, 0.25) is 5.91 Å². The lowest BCUT2D eigenvalue weighted by Crippen LogP contribution is -2.33. The van der Waals surface area contributed by atoms with Crippen LogP contribution in [0.1, 0.15) is 27.9 Å². The molecule has 3 aromatic heterocycles. The SMILES string of the molecule is CC(=O)N1CCc2c(sc(NC(=O)c3ccnn3C)c2-c2nc3ccccc3s2)C1. The van der Waals surface area contributed by atoms with Crippen molar-refractivity contribution in [2.24, 2.45) is 7.05 Å². The number of rotatable bonds is 3. The Morgan fingerprint density at radius 2 is 2.00 bits per heavy atom. The third-order valence-corrected chi connectivity index (χ3v) is 7.48. The first-order chi connectivity index (χ1) is 14.5. The molecule has 4 aromatic rings. The van der Waals surface area contributed by atoms with Crippen LogP contribution in [-0.2, 0) is 24.8 Å². The molecule has 7 nitrogen and oxygen atoms in total. The van der Waals surface area contributed by atoms with Crippen molar-refractivity contribution in [3.63, 3.8) is 0 Å². The fourth-order valence-corrected chi connectivity index (χ4v) is 6.10. The molecule has 1 aromatic carbocycles. The van der Waals surface area contributed by atoms with E-state index in [0.717, 1.165) is 37.1 Å². The van der Waals surface area contributed by atoms with Crippen LogP contribution in [0.3, 0.4) is 0 Å². The maximum atomic E-state index is 12.9. The lowest BCUT2D eigenvalue weighted by molar-refractivity contribution is -0.129. The molecule has 0 unspecified atom stereocenters. The van der Waals surface area contributed by atoms with Crippen molar-refractivity contribution in [3.8, 4) is 10.6 Å². The van der Waals surface area contributed by atoms with Crippen LogP contribution in [0, 0.1) is 0 Å². The van der Waals surface area contributed by atoms with Crippen LogP contribution in [0.15, 0.2) is 36.5 Å².